The van der Waals surface area contributed by atoms with Crippen molar-refractivity contribution in [3.63, 3.8) is 0 Å². The lowest BCUT2D eigenvalue weighted by Crippen LogP contribution is -2.28. The van der Waals surface area contributed by atoms with Gasteiger partial charge in [0.05, 0.1) is 17.3 Å². The van der Waals surface area contributed by atoms with E-state index in [0.717, 1.165) is 12.7 Å². The number of nitrogens with one attached hydrogen (secondary N) is 1. The van der Waals surface area contributed by atoms with Crippen LogP contribution in [0.4, 0.5) is 4.39 Å². The molecule has 0 aliphatic heterocycles. The third-order valence-electron chi connectivity index (χ3n) is 5.00. The standard InChI is InChI=1S/C18H22ClFN2O3S/c1-10-4-5-13(10)9-25-16(12-6-7-15(20)14(19)8-12)17-21-11(2)18(22-17)26(3,23)24/h6-8,10,13,16H,4-5,9H2,1-3H3,(H,21,22)/t10-,13+,16?/m1/s1. The summed E-state index contributed by atoms with van der Waals surface area (Å²) in [4.78, 5) is 7.21. The molecule has 0 radical (unpaired) electrons. The van der Waals surface area contributed by atoms with E-state index in [-0.39, 0.29) is 10.0 Å². The molecule has 26 heavy (non-hydrogen) atoms. The maximum absolute atomic E-state index is 13.5. The number of benzene rings is 1. The minimum absolute atomic E-state index is 0.0141. The minimum Gasteiger partial charge on any atom is -0.365 e. The highest BCUT2D eigenvalue weighted by Gasteiger charge is 2.30. The van der Waals surface area contributed by atoms with Crippen LogP contribution in [0.2, 0.25) is 5.02 Å². The van der Waals surface area contributed by atoms with Gasteiger partial charge in [-0.2, -0.15) is 0 Å². The first-order valence-corrected chi connectivity index (χ1v) is 10.8. The molecule has 1 N–H and O–H groups in total. The van der Waals surface area contributed by atoms with Gasteiger partial charge in [-0.05, 0) is 42.9 Å². The van der Waals surface area contributed by atoms with Crippen LogP contribution in [0.1, 0.15) is 43.0 Å². The maximum Gasteiger partial charge on any atom is 0.192 e. The Hall–Kier alpha value is -1.44. The molecule has 0 bridgehead atoms. The lowest BCUT2D eigenvalue weighted by Gasteiger charge is -2.34. The number of hydrogen-bond donors (Lipinski definition) is 1. The van der Waals surface area contributed by atoms with E-state index < -0.39 is 21.8 Å². The van der Waals surface area contributed by atoms with Gasteiger partial charge < -0.3 is 9.72 Å². The molecule has 1 heterocycles. The van der Waals surface area contributed by atoms with Crippen LogP contribution in [0, 0.1) is 24.6 Å². The van der Waals surface area contributed by atoms with Gasteiger partial charge in [-0.3, -0.25) is 0 Å². The van der Waals surface area contributed by atoms with Gasteiger partial charge in [0, 0.05) is 6.26 Å². The monoisotopic (exact) mass is 400 g/mol. The molecule has 5 nitrogen and oxygen atoms in total. The van der Waals surface area contributed by atoms with E-state index in [1.165, 1.54) is 18.6 Å². The van der Waals surface area contributed by atoms with Gasteiger partial charge in [0.2, 0.25) is 0 Å². The normalized spacial score (nSPS) is 21.4. The topological polar surface area (TPSA) is 72.0 Å². The van der Waals surface area contributed by atoms with Crippen LogP contribution in [-0.4, -0.2) is 31.2 Å². The molecule has 1 unspecified atom stereocenters. The van der Waals surface area contributed by atoms with Crippen molar-refractivity contribution in [2.24, 2.45) is 11.8 Å². The van der Waals surface area contributed by atoms with Crippen LogP contribution in [0.15, 0.2) is 23.2 Å². The zero-order valence-electron chi connectivity index (χ0n) is 14.9. The Morgan fingerprint density at radius 2 is 2.15 bits per heavy atom. The van der Waals surface area contributed by atoms with Crippen LogP contribution in [0.3, 0.4) is 0 Å². The third kappa shape index (κ3) is 3.94. The van der Waals surface area contributed by atoms with Crippen LogP contribution in [-0.2, 0) is 14.6 Å². The quantitative estimate of drug-likeness (QED) is 0.793. The summed E-state index contributed by atoms with van der Waals surface area (Å²) in [6.07, 6.45) is 2.76. The highest BCUT2D eigenvalue weighted by atomic mass is 35.5. The highest BCUT2D eigenvalue weighted by Crippen LogP contribution is 2.36. The third-order valence-corrected chi connectivity index (χ3v) is 6.43. The number of aryl methyl sites for hydroxylation is 1. The van der Waals surface area contributed by atoms with Crippen LogP contribution in [0.25, 0.3) is 0 Å². The number of aromatic amines is 1. The number of aromatic nitrogens is 2. The van der Waals surface area contributed by atoms with Crippen LogP contribution in [0.5, 0.6) is 0 Å². The zero-order chi connectivity index (χ0) is 19.1. The number of sulfone groups is 1. The van der Waals surface area contributed by atoms with Gasteiger partial charge in [0.1, 0.15) is 17.7 Å². The Kier molecular flexibility index (Phi) is 5.42. The molecule has 1 aliphatic rings. The summed E-state index contributed by atoms with van der Waals surface area (Å²) in [7, 11) is -3.44. The van der Waals surface area contributed by atoms with Gasteiger partial charge in [0.25, 0.3) is 0 Å². The van der Waals surface area contributed by atoms with Gasteiger partial charge in [0.15, 0.2) is 14.9 Å². The Morgan fingerprint density at radius 3 is 2.65 bits per heavy atom. The molecule has 142 valence electrons. The number of halogens is 2. The van der Waals surface area contributed by atoms with Crippen LogP contribution >= 0.6 is 11.6 Å². The minimum atomic E-state index is -3.44. The first-order chi connectivity index (χ1) is 12.2. The van der Waals surface area contributed by atoms with E-state index in [9.17, 15) is 12.8 Å². The SMILES string of the molecule is Cc1nc(C(OC[C@@H]2CC[C@H]2C)c2ccc(F)c(Cl)c2)[nH]c1S(C)(=O)=O. The van der Waals surface area contributed by atoms with Gasteiger partial charge in [-0.15, -0.1) is 0 Å². The Balaban J connectivity index is 1.95. The fourth-order valence-electron chi connectivity index (χ4n) is 3.16. The second kappa shape index (κ2) is 7.29. The summed E-state index contributed by atoms with van der Waals surface area (Å²) >= 11 is 5.92. The molecule has 0 amide bonds. The summed E-state index contributed by atoms with van der Waals surface area (Å²) < 4.78 is 43.5. The summed E-state index contributed by atoms with van der Waals surface area (Å²) in [6.45, 7) is 4.33. The van der Waals surface area contributed by atoms with Crippen molar-refractivity contribution in [2.75, 3.05) is 12.9 Å². The number of H-pyrrole nitrogens is 1. The summed E-state index contributed by atoms with van der Waals surface area (Å²) in [6, 6.07) is 4.34. The Morgan fingerprint density at radius 1 is 1.42 bits per heavy atom. The maximum atomic E-state index is 13.5. The van der Waals surface area contributed by atoms with Crippen molar-refractivity contribution >= 4 is 21.4 Å². The first-order valence-electron chi connectivity index (χ1n) is 8.50. The van der Waals surface area contributed by atoms with Crippen molar-refractivity contribution < 1.29 is 17.5 Å². The molecule has 1 aliphatic carbocycles. The molecule has 0 spiro atoms. The second-order valence-corrected chi connectivity index (χ2v) is 9.37. The molecule has 0 saturated heterocycles. The predicted octanol–water partition coefficient (Wildman–Crippen LogP) is 4.07. The number of ether oxygens (including phenoxy) is 1. The molecule has 3 rings (SSSR count). The zero-order valence-corrected chi connectivity index (χ0v) is 16.5. The number of nitrogens with zero attached hydrogens (tertiary/aromatic N) is 1. The molecule has 3 atom stereocenters. The van der Waals surface area contributed by atoms with E-state index >= 15 is 0 Å². The lowest BCUT2D eigenvalue weighted by atomic mass is 9.75. The summed E-state index contributed by atoms with van der Waals surface area (Å²) in [5.41, 5.74) is 0.999. The fraction of sp³-hybridized carbons (Fsp3) is 0.500. The van der Waals surface area contributed by atoms with E-state index in [0.29, 0.717) is 35.5 Å². The molecule has 1 aromatic heterocycles. The molecular weight excluding hydrogens is 379 g/mol. The Bertz CT molecular complexity index is 913. The van der Waals surface area contributed by atoms with Crippen molar-refractivity contribution in [1.29, 1.82) is 0 Å². The van der Waals surface area contributed by atoms with Crippen molar-refractivity contribution in [2.45, 2.75) is 37.8 Å². The molecule has 1 aromatic carbocycles. The second-order valence-electron chi connectivity index (χ2n) is 7.01. The van der Waals surface area contributed by atoms with Crippen LogP contribution < -0.4 is 0 Å². The van der Waals surface area contributed by atoms with Gasteiger partial charge in [-0.1, -0.05) is 31.0 Å². The summed E-state index contributed by atoms with van der Waals surface area (Å²) in [5.74, 6) is 0.906. The van der Waals surface area contributed by atoms with E-state index in [4.69, 9.17) is 16.3 Å². The largest absolute Gasteiger partial charge is 0.365 e. The Labute approximate surface area is 157 Å². The van der Waals surface area contributed by atoms with Crippen molar-refractivity contribution in [3.8, 4) is 0 Å². The number of imidazole rings is 1. The highest BCUT2D eigenvalue weighted by molar-refractivity contribution is 7.90. The average molecular weight is 401 g/mol. The molecular formula is C18H22ClFN2O3S. The van der Waals surface area contributed by atoms with E-state index in [2.05, 4.69) is 16.9 Å². The fourth-order valence-corrected chi connectivity index (χ4v) is 4.22. The van der Waals surface area contributed by atoms with Crippen molar-refractivity contribution in [3.05, 3.63) is 46.1 Å². The van der Waals surface area contributed by atoms with E-state index in [1.54, 1.807) is 13.0 Å². The number of hydrogen-bond acceptors (Lipinski definition) is 4. The van der Waals surface area contributed by atoms with Gasteiger partial charge >= 0.3 is 0 Å². The first kappa shape index (κ1) is 19.3. The van der Waals surface area contributed by atoms with E-state index in [1.807, 2.05) is 0 Å². The molecule has 1 saturated carbocycles. The smallest absolute Gasteiger partial charge is 0.192 e. The molecule has 1 fully saturated rings. The average Bonchev–Trinajstić information content (AvgIpc) is 2.94. The summed E-state index contributed by atoms with van der Waals surface area (Å²) in [5, 5.41) is 0.0473. The predicted molar refractivity (Wildman–Crippen MR) is 97.5 cm³/mol. The molecule has 2 aromatic rings. The van der Waals surface area contributed by atoms with Gasteiger partial charge in [-0.25, -0.2) is 17.8 Å². The van der Waals surface area contributed by atoms with Crippen molar-refractivity contribution in [1.82, 2.24) is 9.97 Å². The lowest BCUT2D eigenvalue weighted by molar-refractivity contribution is 0.00302. The molecule has 8 heteroatoms. The number of rotatable bonds is 6.